The highest BCUT2D eigenvalue weighted by Gasteiger charge is 2.36. The maximum absolute atomic E-state index is 12.7. The fourth-order valence-corrected chi connectivity index (χ4v) is 4.93. The van der Waals surface area contributed by atoms with Gasteiger partial charge in [-0.2, -0.15) is 0 Å². The van der Waals surface area contributed by atoms with Gasteiger partial charge in [0.25, 0.3) is 0 Å². The molecule has 1 N–H and O–H groups in total. The van der Waals surface area contributed by atoms with E-state index < -0.39 is 9.84 Å². The average molecular weight is 292 g/mol. The van der Waals surface area contributed by atoms with Crippen molar-refractivity contribution in [2.24, 2.45) is 5.92 Å². The Morgan fingerprint density at radius 3 is 1.95 bits per heavy atom. The van der Waals surface area contributed by atoms with Crippen LogP contribution in [-0.4, -0.2) is 31.5 Å². The molecular weight excluding hydrogens is 258 g/mol. The lowest BCUT2D eigenvalue weighted by atomic mass is 10.1. The third kappa shape index (κ3) is 5.42. The summed E-state index contributed by atoms with van der Waals surface area (Å²) < 4.78 is 25.5. The molecule has 0 aromatic carbocycles. The molecule has 0 aromatic rings. The van der Waals surface area contributed by atoms with Crippen LogP contribution in [-0.2, 0) is 9.84 Å². The summed E-state index contributed by atoms with van der Waals surface area (Å²) in [5.74, 6) is 0.174. The Hall–Kier alpha value is -0.0900. The van der Waals surface area contributed by atoms with Crippen LogP contribution in [0.3, 0.4) is 0 Å². The molecule has 0 aromatic heterocycles. The molecule has 3 nitrogen and oxygen atoms in total. The van der Waals surface area contributed by atoms with E-state index in [4.69, 9.17) is 0 Å². The maximum atomic E-state index is 12.7. The van der Waals surface area contributed by atoms with Gasteiger partial charge in [-0.25, -0.2) is 8.42 Å². The smallest absolute Gasteiger partial charge is 0.157 e. The van der Waals surface area contributed by atoms with E-state index in [2.05, 4.69) is 19.2 Å². The second kappa shape index (κ2) is 8.96. The molecule has 3 unspecified atom stereocenters. The molecule has 19 heavy (non-hydrogen) atoms. The first-order valence-corrected chi connectivity index (χ1v) is 9.39. The van der Waals surface area contributed by atoms with Crippen LogP contribution < -0.4 is 5.32 Å². The highest BCUT2D eigenvalue weighted by Crippen LogP contribution is 2.23. The zero-order chi connectivity index (χ0) is 15.1. The summed E-state index contributed by atoms with van der Waals surface area (Å²) in [4.78, 5) is 0. The maximum Gasteiger partial charge on any atom is 0.157 e. The molecule has 0 radical (unpaired) electrons. The predicted octanol–water partition coefficient (Wildman–Crippen LogP) is 3.39. The first-order chi connectivity index (χ1) is 8.82. The molecule has 0 heterocycles. The van der Waals surface area contributed by atoms with Crippen molar-refractivity contribution in [2.45, 2.75) is 83.8 Å². The molecule has 0 saturated heterocycles. The van der Waals surface area contributed by atoms with Crippen LogP contribution >= 0.6 is 0 Å². The van der Waals surface area contributed by atoms with Gasteiger partial charge in [-0.1, -0.05) is 41.0 Å². The third-order valence-corrected chi connectivity index (χ3v) is 7.07. The Bertz CT molecular complexity index is 325. The van der Waals surface area contributed by atoms with Crippen molar-refractivity contribution in [3.8, 4) is 0 Å². The molecule has 0 aliphatic rings. The lowest BCUT2D eigenvalue weighted by molar-refractivity contribution is 0.429. The molecule has 0 saturated carbocycles. The van der Waals surface area contributed by atoms with Crippen molar-refractivity contribution < 1.29 is 8.42 Å². The highest BCUT2D eigenvalue weighted by molar-refractivity contribution is 7.92. The lowest BCUT2D eigenvalue weighted by Gasteiger charge is -2.30. The van der Waals surface area contributed by atoms with E-state index in [1.165, 1.54) is 0 Å². The standard InChI is InChI=1S/C15H33NO2S/c1-7-10-14(16-11-8-2)15(9-3)19(17,18)13(6)12(4)5/h12-16H,7-11H2,1-6H3. The van der Waals surface area contributed by atoms with Crippen molar-refractivity contribution in [3.05, 3.63) is 0 Å². The first kappa shape index (κ1) is 18.9. The number of rotatable bonds is 10. The second-order valence-electron chi connectivity index (χ2n) is 5.83. The zero-order valence-electron chi connectivity index (χ0n) is 13.6. The molecule has 116 valence electrons. The predicted molar refractivity (Wildman–Crippen MR) is 84.3 cm³/mol. The van der Waals surface area contributed by atoms with Crippen LogP contribution in [0.25, 0.3) is 0 Å². The SMILES string of the molecule is CCCNC(CCC)C(CC)S(=O)(=O)C(C)C(C)C. The van der Waals surface area contributed by atoms with Gasteiger partial charge in [-0.15, -0.1) is 0 Å². The highest BCUT2D eigenvalue weighted by atomic mass is 32.2. The lowest BCUT2D eigenvalue weighted by Crippen LogP contribution is -2.47. The Kier molecular flexibility index (Phi) is 8.92. The van der Waals surface area contributed by atoms with E-state index >= 15 is 0 Å². The third-order valence-electron chi connectivity index (χ3n) is 3.99. The monoisotopic (exact) mass is 291 g/mol. The molecule has 0 aliphatic heterocycles. The van der Waals surface area contributed by atoms with E-state index in [-0.39, 0.29) is 22.5 Å². The zero-order valence-corrected chi connectivity index (χ0v) is 14.4. The molecule has 0 fully saturated rings. The number of hydrogen-bond acceptors (Lipinski definition) is 3. The minimum Gasteiger partial charge on any atom is -0.313 e. The normalized spacial score (nSPS) is 17.4. The van der Waals surface area contributed by atoms with Crippen LogP contribution in [0.1, 0.15) is 67.2 Å². The second-order valence-corrected chi connectivity index (χ2v) is 8.36. The molecule has 0 spiro atoms. The van der Waals surface area contributed by atoms with Crippen LogP contribution in [0.5, 0.6) is 0 Å². The summed E-state index contributed by atoms with van der Waals surface area (Å²) in [5.41, 5.74) is 0. The molecule has 0 bridgehead atoms. The van der Waals surface area contributed by atoms with E-state index in [9.17, 15) is 8.42 Å². The number of nitrogens with one attached hydrogen (secondary N) is 1. The van der Waals surface area contributed by atoms with Gasteiger partial charge in [0.05, 0.1) is 10.5 Å². The fraction of sp³-hybridized carbons (Fsp3) is 1.00. The van der Waals surface area contributed by atoms with Gasteiger partial charge in [-0.3, -0.25) is 0 Å². The topological polar surface area (TPSA) is 46.2 Å². The summed E-state index contributed by atoms with van der Waals surface area (Å²) in [6.07, 6.45) is 3.68. The van der Waals surface area contributed by atoms with E-state index in [1.807, 2.05) is 27.7 Å². The summed E-state index contributed by atoms with van der Waals surface area (Å²) in [7, 11) is -3.06. The molecule has 0 aliphatic carbocycles. The number of hydrogen-bond donors (Lipinski definition) is 1. The minimum atomic E-state index is -3.06. The van der Waals surface area contributed by atoms with Crippen LogP contribution in [0.2, 0.25) is 0 Å². The molecule has 4 heteroatoms. The van der Waals surface area contributed by atoms with E-state index in [0.717, 1.165) is 25.8 Å². The summed E-state index contributed by atoms with van der Waals surface area (Å²) in [6.45, 7) is 12.9. The van der Waals surface area contributed by atoms with Gasteiger partial charge in [-0.05, 0) is 38.6 Å². The Balaban J connectivity index is 5.11. The Morgan fingerprint density at radius 2 is 1.58 bits per heavy atom. The Labute approximate surface area is 120 Å². The van der Waals surface area contributed by atoms with Crippen molar-refractivity contribution >= 4 is 9.84 Å². The van der Waals surface area contributed by atoms with Crippen LogP contribution in [0.4, 0.5) is 0 Å². The van der Waals surface area contributed by atoms with Gasteiger partial charge in [0, 0.05) is 6.04 Å². The molecule has 3 atom stereocenters. The van der Waals surface area contributed by atoms with Crippen molar-refractivity contribution in [1.82, 2.24) is 5.32 Å². The van der Waals surface area contributed by atoms with Crippen molar-refractivity contribution in [1.29, 1.82) is 0 Å². The van der Waals surface area contributed by atoms with Gasteiger partial charge in [0.15, 0.2) is 9.84 Å². The van der Waals surface area contributed by atoms with Crippen LogP contribution in [0, 0.1) is 5.92 Å². The summed E-state index contributed by atoms with van der Waals surface area (Å²) >= 11 is 0. The van der Waals surface area contributed by atoms with Crippen molar-refractivity contribution in [2.75, 3.05) is 6.54 Å². The fourth-order valence-electron chi connectivity index (χ4n) is 2.46. The van der Waals surface area contributed by atoms with Gasteiger partial charge in [0.1, 0.15) is 0 Å². The van der Waals surface area contributed by atoms with E-state index in [0.29, 0.717) is 6.42 Å². The van der Waals surface area contributed by atoms with E-state index in [1.54, 1.807) is 0 Å². The van der Waals surface area contributed by atoms with Crippen molar-refractivity contribution in [3.63, 3.8) is 0 Å². The molecule has 0 rings (SSSR count). The summed E-state index contributed by atoms with van der Waals surface area (Å²) in [5, 5.41) is 2.93. The first-order valence-electron chi connectivity index (χ1n) is 7.78. The Morgan fingerprint density at radius 1 is 1.00 bits per heavy atom. The average Bonchev–Trinajstić information content (AvgIpc) is 2.35. The molecule has 0 amide bonds. The largest absolute Gasteiger partial charge is 0.313 e. The minimum absolute atomic E-state index is 0.0983. The van der Waals surface area contributed by atoms with Gasteiger partial charge < -0.3 is 5.32 Å². The number of sulfone groups is 1. The quantitative estimate of drug-likeness (QED) is 0.671. The van der Waals surface area contributed by atoms with Gasteiger partial charge in [0.2, 0.25) is 0 Å². The molecular formula is C15H33NO2S. The summed E-state index contributed by atoms with van der Waals surface area (Å²) in [6, 6.07) is 0.0983. The van der Waals surface area contributed by atoms with Gasteiger partial charge >= 0.3 is 0 Å². The van der Waals surface area contributed by atoms with Crippen LogP contribution in [0.15, 0.2) is 0 Å².